The van der Waals surface area contributed by atoms with Crippen LogP contribution in [0.1, 0.15) is 19.8 Å². The predicted octanol–water partition coefficient (Wildman–Crippen LogP) is 0.618. The summed E-state index contributed by atoms with van der Waals surface area (Å²) in [6.45, 7) is 1.50. The summed E-state index contributed by atoms with van der Waals surface area (Å²) in [5.74, 6) is 0.162. The lowest BCUT2D eigenvalue weighted by atomic mass is 10.5. The largest absolute Gasteiger partial charge is 0.480 e. The van der Waals surface area contributed by atoms with Gasteiger partial charge in [0, 0.05) is 16.6 Å². The van der Waals surface area contributed by atoms with E-state index in [9.17, 15) is 9.00 Å². The Morgan fingerprint density at radius 1 is 1.73 bits per heavy atom. The van der Waals surface area contributed by atoms with Crippen LogP contribution in [0.3, 0.4) is 0 Å². The van der Waals surface area contributed by atoms with Crippen LogP contribution in [-0.4, -0.2) is 26.3 Å². The molecule has 1 N–H and O–H groups in total. The first-order valence-electron chi connectivity index (χ1n) is 3.71. The van der Waals surface area contributed by atoms with E-state index in [-0.39, 0.29) is 0 Å². The molecule has 0 saturated heterocycles. The summed E-state index contributed by atoms with van der Waals surface area (Å²) in [7, 11) is -1.16. The van der Waals surface area contributed by atoms with Crippen molar-refractivity contribution >= 4 is 16.8 Å². The molecule has 64 valence electrons. The maximum atomic E-state index is 11.2. The van der Waals surface area contributed by atoms with Crippen LogP contribution >= 0.6 is 0 Å². The number of hydrogen-bond donors (Lipinski definition) is 1. The van der Waals surface area contributed by atoms with Crippen molar-refractivity contribution < 1.29 is 14.1 Å². The third-order valence-corrected chi connectivity index (χ3v) is 3.63. The van der Waals surface area contributed by atoms with E-state index in [1.165, 1.54) is 6.92 Å². The summed E-state index contributed by atoms with van der Waals surface area (Å²) < 4.78 is 11.2. The van der Waals surface area contributed by atoms with Gasteiger partial charge in [0.2, 0.25) is 0 Å². The Morgan fingerprint density at radius 2 is 2.27 bits per heavy atom. The van der Waals surface area contributed by atoms with Crippen molar-refractivity contribution in [3.05, 3.63) is 0 Å². The lowest BCUT2D eigenvalue weighted by molar-refractivity contribution is -0.136. The fourth-order valence-corrected chi connectivity index (χ4v) is 2.09. The Balaban J connectivity index is 2.32. The van der Waals surface area contributed by atoms with Gasteiger partial charge in [0.15, 0.2) is 0 Å². The molecule has 0 aliphatic heterocycles. The molecule has 1 aliphatic carbocycles. The monoisotopic (exact) mass is 176 g/mol. The van der Waals surface area contributed by atoms with Gasteiger partial charge < -0.3 is 5.11 Å². The molecule has 0 spiro atoms. The molecule has 3 nitrogen and oxygen atoms in total. The SMILES string of the molecule is CC(C(=O)O)S(=O)CC1CC1. The normalized spacial score (nSPS) is 22.6. The summed E-state index contributed by atoms with van der Waals surface area (Å²) in [6.07, 6.45) is 2.25. The van der Waals surface area contributed by atoms with Crippen molar-refractivity contribution in [1.82, 2.24) is 0 Å². The van der Waals surface area contributed by atoms with Gasteiger partial charge in [-0.3, -0.25) is 9.00 Å². The highest BCUT2D eigenvalue weighted by molar-refractivity contribution is 7.86. The minimum atomic E-state index is -1.16. The molecule has 4 heteroatoms. The van der Waals surface area contributed by atoms with Crippen LogP contribution in [0.25, 0.3) is 0 Å². The molecule has 0 aromatic heterocycles. The molecule has 0 aromatic carbocycles. The van der Waals surface area contributed by atoms with Crippen LogP contribution in [0, 0.1) is 5.92 Å². The van der Waals surface area contributed by atoms with Gasteiger partial charge in [0.1, 0.15) is 5.25 Å². The summed E-state index contributed by atoms with van der Waals surface area (Å²) in [5.41, 5.74) is 0. The van der Waals surface area contributed by atoms with Gasteiger partial charge in [0.05, 0.1) is 0 Å². The quantitative estimate of drug-likeness (QED) is 0.683. The summed E-state index contributed by atoms with van der Waals surface area (Å²) in [4.78, 5) is 10.3. The number of carbonyl (C=O) groups is 1. The van der Waals surface area contributed by atoms with E-state index in [2.05, 4.69) is 0 Å². The second-order valence-electron chi connectivity index (χ2n) is 2.97. The Labute approximate surface area is 68.3 Å². The second kappa shape index (κ2) is 3.34. The van der Waals surface area contributed by atoms with Gasteiger partial charge >= 0.3 is 5.97 Å². The third-order valence-electron chi connectivity index (χ3n) is 1.84. The molecule has 2 unspecified atom stereocenters. The molecular formula is C7H12O3S. The average Bonchev–Trinajstić information content (AvgIpc) is 2.69. The Bertz CT molecular complexity index is 186. The van der Waals surface area contributed by atoms with Crippen LogP contribution in [-0.2, 0) is 15.6 Å². The molecule has 0 amide bonds. The van der Waals surface area contributed by atoms with E-state index in [0.29, 0.717) is 11.7 Å². The number of hydrogen-bond acceptors (Lipinski definition) is 2. The number of carboxylic acids is 1. The van der Waals surface area contributed by atoms with Gasteiger partial charge in [0.25, 0.3) is 0 Å². The molecule has 1 rings (SSSR count). The van der Waals surface area contributed by atoms with E-state index in [1.807, 2.05) is 0 Å². The second-order valence-corrected chi connectivity index (χ2v) is 4.77. The Kier molecular flexibility index (Phi) is 2.65. The molecule has 0 bridgehead atoms. The highest BCUT2D eigenvalue weighted by Crippen LogP contribution is 2.30. The average molecular weight is 176 g/mol. The van der Waals surface area contributed by atoms with E-state index >= 15 is 0 Å². The lowest BCUT2D eigenvalue weighted by Gasteiger charge is -2.04. The summed E-state index contributed by atoms with van der Waals surface area (Å²) in [5, 5.41) is 7.79. The number of aliphatic carboxylic acids is 1. The van der Waals surface area contributed by atoms with Crippen LogP contribution in [0.4, 0.5) is 0 Å². The zero-order chi connectivity index (χ0) is 8.43. The highest BCUT2D eigenvalue weighted by atomic mass is 32.2. The van der Waals surface area contributed by atoms with Crippen molar-refractivity contribution in [2.24, 2.45) is 5.92 Å². The van der Waals surface area contributed by atoms with Gasteiger partial charge in [-0.15, -0.1) is 0 Å². The van der Waals surface area contributed by atoms with Crippen LogP contribution in [0.5, 0.6) is 0 Å². The van der Waals surface area contributed by atoms with Crippen molar-refractivity contribution in [3.8, 4) is 0 Å². The van der Waals surface area contributed by atoms with Crippen molar-refractivity contribution in [2.45, 2.75) is 25.0 Å². The summed E-state index contributed by atoms with van der Waals surface area (Å²) in [6, 6.07) is 0. The van der Waals surface area contributed by atoms with Gasteiger partial charge in [-0.05, 0) is 25.7 Å². The third kappa shape index (κ3) is 2.61. The van der Waals surface area contributed by atoms with Gasteiger partial charge in [-0.2, -0.15) is 0 Å². The topological polar surface area (TPSA) is 54.4 Å². The molecule has 0 heterocycles. The van der Waals surface area contributed by atoms with Crippen LogP contribution in [0.2, 0.25) is 0 Å². The predicted molar refractivity (Wildman–Crippen MR) is 42.8 cm³/mol. The smallest absolute Gasteiger partial charge is 0.318 e. The van der Waals surface area contributed by atoms with Gasteiger partial charge in [-0.1, -0.05) is 0 Å². The standard InChI is InChI=1S/C7H12O3S/c1-5(7(8)9)11(10)4-6-2-3-6/h5-6H,2-4H2,1H3,(H,8,9). The fourth-order valence-electron chi connectivity index (χ4n) is 0.774. The molecule has 1 saturated carbocycles. The van der Waals surface area contributed by atoms with E-state index in [4.69, 9.17) is 5.11 Å². The Hall–Kier alpha value is -0.380. The molecule has 1 fully saturated rings. The van der Waals surface area contributed by atoms with Crippen LogP contribution < -0.4 is 0 Å². The first-order valence-corrected chi connectivity index (χ1v) is 5.09. The van der Waals surface area contributed by atoms with E-state index in [0.717, 1.165) is 12.8 Å². The van der Waals surface area contributed by atoms with E-state index in [1.54, 1.807) is 0 Å². The number of rotatable bonds is 4. The van der Waals surface area contributed by atoms with E-state index < -0.39 is 22.0 Å². The molecule has 11 heavy (non-hydrogen) atoms. The Morgan fingerprint density at radius 3 is 2.64 bits per heavy atom. The van der Waals surface area contributed by atoms with Crippen molar-refractivity contribution in [3.63, 3.8) is 0 Å². The first kappa shape index (κ1) is 8.71. The summed E-state index contributed by atoms with van der Waals surface area (Å²) >= 11 is 0. The zero-order valence-electron chi connectivity index (χ0n) is 6.45. The minimum absolute atomic E-state index is 0.539. The molecular weight excluding hydrogens is 164 g/mol. The maximum Gasteiger partial charge on any atom is 0.318 e. The zero-order valence-corrected chi connectivity index (χ0v) is 7.26. The molecule has 0 radical (unpaired) electrons. The van der Waals surface area contributed by atoms with Gasteiger partial charge in [-0.25, -0.2) is 0 Å². The highest BCUT2D eigenvalue weighted by Gasteiger charge is 2.28. The number of carboxylic acid groups (broad SMARTS) is 1. The molecule has 1 aliphatic rings. The van der Waals surface area contributed by atoms with Crippen molar-refractivity contribution in [2.75, 3.05) is 5.75 Å². The van der Waals surface area contributed by atoms with Crippen LogP contribution in [0.15, 0.2) is 0 Å². The molecule has 0 aromatic rings. The fraction of sp³-hybridized carbons (Fsp3) is 0.857. The van der Waals surface area contributed by atoms with Crippen molar-refractivity contribution in [1.29, 1.82) is 0 Å². The maximum absolute atomic E-state index is 11.2. The minimum Gasteiger partial charge on any atom is -0.480 e. The molecule has 2 atom stereocenters. The first-order chi connectivity index (χ1) is 5.11. The lowest BCUT2D eigenvalue weighted by Crippen LogP contribution is -2.24.